The first kappa shape index (κ1) is 14.5. The molecule has 1 aromatic heterocycles. The van der Waals surface area contributed by atoms with Gasteiger partial charge in [-0.15, -0.1) is 0 Å². The second-order valence-electron chi connectivity index (χ2n) is 5.27. The van der Waals surface area contributed by atoms with Crippen LogP contribution in [0.3, 0.4) is 0 Å². The van der Waals surface area contributed by atoms with Crippen LogP contribution < -0.4 is 10.6 Å². The summed E-state index contributed by atoms with van der Waals surface area (Å²) in [7, 11) is 0. The van der Waals surface area contributed by atoms with Gasteiger partial charge in [-0.1, -0.05) is 23.4 Å². The average Bonchev–Trinajstić information content (AvgIpc) is 3.26. The fourth-order valence-corrected chi connectivity index (χ4v) is 2.08. The molecule has 22 heavy (non-hydrogen) atoms. The molecule has 2 amide bonds. The first-order valence-corrected chi connectivity index (χ1v) is 7.30. The number of urea groups is 1. The van der Waals surface area contributed by atoms with Gasteiger partial charge < -0.3 is 15.2 Å². The van der Waals surface area contributed by atoms with Gasteiger partial charge in [-0.05, 0) is 30.9 Å². The number of rotatable bonds is 6. The van der Waals surface area contributed by atoms with Gasteiger partial charge >= 0.3 is 6.03 Å². The number of hydrogen-bond donors (Lipinski definition) is 2. The van der Waals surface area contributed by atoms with Crippen LogP contribution >= 0.6 is 0 Å². The number of benzene rings is 1. The topological polar surface area (TPSA) is 80.0 Å². The summed E-state index contributed by atoms with van der Waals surface area (Å²) < 4.78 is 18.5. The van der Waals surface area contributed by atoms with Crippen molar-refractivity contribution in [1.29, 1.82) is 0 Å². The molecule has 2 aromatic rings. The van der Waals surface area contributed by atoms with Crippen LogP contribution in [0.5, 0.6) is 0 Å². The molecule has 7 heteroatoms. The van der Waals surface area contributed by atoms with Gasteiger partial charge in [0.15, 0.2) is 5.82 Å². The van der Waals surface area contributed by atoms with E-state index in [0.29, 0.717) is 30.3 Å². The van der Waals surface area contributed by atoms with Crippen LogP contribution in [0, 0.1) is 5.82 Å². The van der Waals surface area contributed by atoms with E-state index in [1.807, 2.05) is 0 Å². The maximum atomic E-state index is 13.4. The predicted molar refractivity (Wildman–Crippen MR) is 76.6 cm³/mol. The highest BCUT2D eigenvalue weighted by Gasteiger charge is 2.28. The molecule has 1 aliphatic carbocycles. The van der Waals surface area contributed by atoms with E-state index in [4.69, 9.17) is 4.52 Å². The first-order chi connectivity index (χ1) is 10.7. The molecule has 0 saturated heterocycles. The Kier molecular flexibility index (Phi) is 4.32. The molecule has 116 valence electrons. The van der Waals surface area contributed by atoms with Crippen LogP contribution in [-0.2, 0) is 13.0 Å². The van der Waals surface area contributed by atoms with Crippen molar-refractivity contribution in [3.63, 3.8) is 0 Å². The van der Waals surface area contributed by atoms with Gasteiger partial charge in [0.05, 0.1) is 6.54 Å². The zero-order valence-corrected chi connectivity index (χ0v) is 12.0. The number of carbonyl (C=O) groups is 1. The largest absolute Gasteiger partial charge is 0.338 e. The number of nitrogens with zero attached hydrogens (tertiary/aromatic N) is 2. The third kappa shape index (κ3) is 3.81. The van der Waals surface area contributed by atoms with Gasteiger partial charge in [0.2, 0.25) is 5.89 Å². The number of nitrogens with one attached hydrogen (secondary N) is 2. The average molecular weight is 304 g/mol. The third-order valence-corrected chi connectivity index (χ3v) is 3.46. The molecule has 0 unspecified atom stereocenters. The van der Waals surface area contributed by atoms with Crippen molar-refractivity contribution in [3.8, 4) is 0 Å². The summed E-state index contributed by atoms with van der Waals surface area (Å²) in [6.07, 6.45) is 2.64. The highest BCUT2D eigenvalue weighted by atomic mass is 19.1. The minimum Gasteiger partial charge on any atom is -0.338 e. The maximum Gasteiger partial charge on any atom is 0.315 e. The molecule has 1 aliphatic rings. The summed E-state index contributed by atoms with van der Waals surface area (Å²) in [5.41, 5.74) is 0.578. The SMILES string of the molecule is O=C(NCCc1ccccc1F)NCc1nc(C2CC2)no1. The molecule has 0 radical (unpaired) electrons. The van der Waals surface area contributed by atoms with Gasteiger partial charge in [0, 0.05) is 12.5 Å². The van der Waals surface area contributed by atoms with E-state index in [-0.39, 0.29) is 18.4 Å². The van der Waals surface area contributed by atoms with E-state index in [1.165, 1.54) is 6.07 Å². The van der Waals surface area contributed by atoms with Crippen LogP contribution in [-0.4, -0.2) is 22.7 Å². The molecule has 0 bridgehead atoms. The van der Waals surface area contributed by atoms with Crippen molar-refractivity contribution < 1.29 is 13.7 Å². The van der Waals surface area contributed by atoms with Crippen LogP contribution in [0.2, 0.25) is 0 Å². The van der Waals surface area contributed by atoms with Gasteiger partial charge in [-0.3, -0.25) is 0 Å². The number of halogens is 1. The van der Waals surface area contributed by atoms with Gasteiger partial charge in [0.25, 0.3) is 0 Å². The van der Waals surface area contributed by atoms with Crippen molar-refractivity contribution in [2.75, 3.05) is 6.54 Å². The lowest BCUT2D eigenvalue weighted by molar-refractivity contribution is 0.238. The quantitative estimate of drug-likeness (QED) is 0.856. The van der Waals surface area contributed by atoms with E-state index in [2.05, 4.69) is 20.8 Å². The van der Waals surface area contributed by atoms with Crippen molar-refractivity contribution in [1.82, 2.24) is 20.8 Å². The molecule has 0 atom stereocenters. The van der Waals surface area contributed by atoms with E-state index >= 15 is 0 Å². The lowest BCUT2D eigenvalue weighted by atomic mass is 10.1. The Hall–Kier alpha value is -2.44. The summed E-state index contributed by atoms with van der Waals surface area (Å²) in [5, 5.41) is 9.16. The molecular formula is C15H17FN4O2. The summed E-state index contributed by atoms with van der Waals surface area (Å²) in [4.78, 5) is 15.9. The Bertz CT molecular complexity index is 654. The van der Waals surface area contributed by atoms with Gasteiger partial charge in [0.1, 0.15) is 5.82 Å². The molecule has 1 fully saturated rings. The van der Waals surface area contributed by atoms with E-state index in [9.17, 15) is 9.18 Å². The van der Waals surface area contributed by atoms with Gasteiger partial charge in [-0.25, -0.2) is 9.18 Å². The summed E-state index contributed by atoms with van der Waals surface area (Å²) >= 11 is 0. The molecule has 1 heterocycles. The molecular weight excluding hydrogens is 287 g/mol. The van der Waals surface area contributed by atoms with E-state index in [0.717, 1.165) is 18.7 Å². The minimum atomic E-state index is -0.345. The van der Waals surface area contributed by atoms with Crippen molar-refractivity contribution in [2.24, 2.45) is 0 Å². The molecule has 0 spiro atoms. The van der Waals surface area contributed by atoms with Crippen LogP contribution in [0.1, 0.15) is 36.0 Å². The number of hydrogen-bond acceptors (Lipinski definition) is 4. The predicted octanol–water partition coefficient (Wildman–Crippen LogP) is 2.13. The Balaban J connectivity index is 1.38. The zero-order valence-electron chi connectivity index (χ0n) is 12.0. The Labute approximate surface area is 127 Å². The third-order valence-electron chi connectivity index (χ3n) is 3.46. The van der Waals surface area contributed by atoms with Crippen molar-refractivity contribution in [2.45, 2.75) is 31.7 Å². The standard InChI is InChI=1S/C15H17FN4O2/c16-12-4-2-1-3-10(12)7-8-17-15(21)18-9-13-19-14(20-22-13)11-5-6-11/h1-4,11H,5-9H2,(H2,17,18,21). The summed E-state index contributed by atoms with van der Waals surface area (Å²) in [6.45, 7) is 0.537. The molecule has 1 saturated carbocycles. The summed E-state index contributed by atoms with van der Waals surface area (Å²) in [5.74, 6) is 1.28. The highest BCUT2D eigenvalue weighted by Crippen LogP contribution is 2.37. The number of carbonyl (C=O) groups excluding carboxylic acids is 1. The van der Waals surface area contributed by atoms with E-state index in [1.54, 1.807) is 18.2 Å². The number of amides is 2. The second-order valence-corrected chi connectivity index (χ2v) is 5.27. The Morgan fingerprint density at radius 1 is 1.32 bits per heavy atom. The van der Waals surface area contributed by atoms with Crippen LogP contribution in [0.25, 0.3) is 0 Å². The van der Waals surface area contributed by atoms with Crippen LogP contribution in [0.15, 0.2) is 28.8 Å². The fourth-order valence-electron chi connectivity index (χ4n) is 2.08. The maximum absolute atomic E-state index is 13.4. The zero-order chi connectivity index (χ0) is 15.4. The normalized spacial score (nSPS) is 13.9. The Morgan fingerprint density at radius 2 is 2.14 bits per heavy atom. The Morgan fingerprint density at radius 3 is 2.91 bits per heavy atom. The van der Waals surface area contributed by atoms with Gasteiger partial charge in [-0.2, -0.15) is 4.98 Å². The lowest BCUT2D eigenvalue weighted by Gasteiger charge is -2.06. The molecule has 2 N–H and O–H groups in total. The van der Waals surface area contributed by atoms with Crippen molar-refractivity contribution in [3.05, 3.63) is 47.4 Å². The fraction of sp³-hybridized carbons (Fsp3) is 0.400. The molecule has 0 aliphatic heterocycles. The van der Waals surface area contributed by atoms with Crippen LogP contribution in [0.4, 0.5) is 9.18 Å². The highest BCUT2D eigenvalue weighted by molar-refractivity contribution is 5.73. The summed E-state index contributed by atoms with van der Waals surface area (Å²) in [6, 6.07) is 6.17. The number of aromatic nitrogens is 2. The minimum absolute atomic E-state index is 0.186. The first-order valence-electron chi connectivity index (χ1n) is 7.30. The molecule has 1 aromatic carbocycles. The monoisotopic (exact) mass is 304 g/mol. The lowest BCUT2D eigenvalue weighted by Crippen LogP contribution is -2.36. The van der Waals surface area contributed by atoms with Crippen molar-refractivity contribution >= 4 is 6.03 Å². The molecule has 3 rings (SSSR count). The second kappa shape index (κ2) is 6.55. The van der Waals surface area contributed by atoms with E-state index < -0.39 is 0 Å². The molecule has 6 nitrogen and oxygen atoms in total. The smallest absolute Gasteiger partial charge is 0.315 e.